The lowest BCUT2D eigenvalue weighted by Crippen LogP contribution is -2.47. The number of hydrogen-bond acceptors (Lipinski definition) is 4. The monoisotopic (exact) mass is 425 g/mol. The highest BCUT2D eigenvalue weighted by Gasteiger charge is 2.23. The lowest BCUT2D eigenvalue weighted by molar-refractivity contribution is 0.102. The second-order valence-corrected chi connectivity index (χ2v) is 9.11. The van der Waals surface area contributed by atoms with Gasteiger partial charge in [0.2, 0.25) is 10.0 Å². The Bertz CT molecular complexity index is 976. The minimum atomic E-state index is -3.15. The van der Waals surface area contributed by atoms with Gasteiger partial charge in [-0.15, -0.1) is 0 Å². The van der Waals surface area contributed by atoms with E-state index in [1.807, 2.05) is 6.07 Å². The van der Waals surface area contributed by atoms with E-state index in [-0.39, 0.29) is 10.9 Å². The van der Waals surface area contributed by atoms with Crippen molar-refractivity contribution in [1.82, 2.24) is 9.21 Å². The van der Waals surface area contributed by atoms with Crippen LogP contribution in [0.25, 0.3) is 0 Å². The van der Waals surface area contributed by atoms with Gasteiger partial charge in [0.25, 0.3) is 5.91 Å². The number of nitrogens with zero attached hydrogens (tertiary/aromatic N) is 2. The fourth-order valence-electron chi connectivity index (χ4n) is 3.07. The molecule has 1 amide bonds. The molecule has 150 valence electrons. The van der Waals surface area contributed by atoms with Crippen molar-refractivity contribution in [2.75, 3.05) is 37.8 Å². The largest absolute Gasteiger partial charge is 0.322 e. The summed E-state index contributed by atoms with van der Waals surface area (Å²) in [7, 11) is -3.15. The van der Waals surface area contributed by atoms with Gasteiger partial charge in [0, 0.05) is 44.0 Å². The number of amides is 1. The molecule has 1 fully saturated rings. The molecule has 28 heavy (non-hydrogen) atoms. The minimum absolute atomic E-state index is 0.0558. The lowest BCUT2D eigenvalue weighted by Gasteiger charge is -2.33. The smallest absolute Gasteiger partial charge is 0.255 e. The summed E-state index contributed by atoms with van der Waals surface area (Å²) < 4.78 is 37.9. The zero-order valence-electron chi connectivity index (χ0n) is 15.4. The Morgan fingerprint density at radius 2 is 1.86 bits per heavy atom. The van der Waals surface area contributed by atoms with Crippen LogP contribution in [0.1, 0.15) is 15.9 Å². The summed E-state index contributed by atoms with van der Waals surface area (Å²) in [4.78, 5) is 14.6. The molecule has 2 aromatic rings. The summed E-state index contributed by atoms with van der Waals surface area (Å²) in [5.41, 5.74) is 1.85. The molecular weight excluding hydrogens is 405 g/mol. The molecule has 1 saturated heterocycles. The van der Waals surface area contributed by atoms with E-state index in [2.05, 4.69) is 10.2 Å². The van der Waals surface area contributed by atoms with Gasteiger partial charge < -0.3 is 5.32 Å². The Labute approximate surface area is 168 Å². The molecule has 2 aromatic carbocycles. The highest BCUT2D eigenvalue weighted by molar-refractivity contribution is 7.88. The maximum absolute atomic E-state index is 13.2. The van der Waals surface area contributed by atoms with Gasteiger partial charge in [-0.25, -0.2) is 12.8 Å². The molecule has 0 aromatic heterocycles. The van der Waals surface area contributed by atoms with Crippen molar-refractivity contribution in [2.24, 2.45) is 0 Å². The normalized spacial score (nSPS) is 16.1. The fourth-order valence-corrected chi connectivity index (χ4v) is 4.07. The van der Waals surface area contributed by atoms with Crippen LogP contribution in [-0.2, 0) is 16.6 Å². The van der Waals surface area contributed by atoms with Crippen molar-refractivity contribution < 1.29 is 17.6 Å². The summed E-state index contributed by atoms with van der Waals surface area (Å²) in [6.07, 6.45) is 1.22. The number of halogens is 2. The number of sulfonamides is 1. The number of carbonyl (C=O) groups is 1. The first-order valence-corrected chi connectivity index (χ1v) is 11.0. The van der Waals surface area contributed by atoms with Crippen molar-refractivity contribution in [3.8, 4) is 0 Å². The molecule has 0 unspecified atom stereocenters. The number of anilines is 1. The Hall–Kier alpha value is -2.00. The van der Waals surface area contributed by atoms with Gasteiger partial charge >= 0.3 is 0 Å². The summed E-state index contributed by atoms with van der Waals surface area (Å²) in [5.74, 6) is -0.857. The highest BCUT2D eigenvalue weighted by Crippen LogP contribution is 2.20. The van der Waals surface area contributed by atoms with Crippen LogP contribution in [0, 0.1) is 5.82 Å². The van der Waals surface area contributed by atoms with Crippen LogP contribution < -0.4 is 5.32 Å². The SMILES string of the molecule is CS(=O)(=O)N1CCN(Cc2cccc(C(=O)Nc3ccc(F)c(Cl)c3)c2)CC1. The highest BCUT2D eigenvalue weighted by atomic mass is 35.5. The summed E-state index contributed by atoms with van der Waals surface area (Å²) >= 11 is 5.74. The van der Waals surface area contributed by atoms with Crippen molar-refractivity contribution in [1.29, 1.82) is 0 Å². The molecule has 3 rings (SSSR count). The zero-order valence-corrected chi connectivity index (χ0v) is 16.9. The van der Waals surface area contributed by atoms with E-state index in [4.69, 9.17) is 11.6 Å². The first kappa shape index (κ1) is 20.7. The van der Waals surface area contributed by atoms with E-state index in [0.717, 1.165) is 5.56 Å². The van der Waals surface area contributed by atoms with Crippen LogP contribution in [-0.4, -0.2) is 56.0 Å². The van der Waals surface area contributed by atoms with Gasteiger partial charge in [0.15, 0.2) is 0 Å². The standard InChI is InChI=1S/C19H21ClFN3O3S/c1-28(26,27)24-9-7-23(8-10-24)13-14-3-2-4-15(11-14)19(25)22-16-5-6-18(21)17(20)12-16/h2-6,11-12H,7-10,13H2,1H3,(H,22,25). The molecular formula is C19H21ClFN3O3S. The van der Waals surface area contributed by atoms with Crippen LogP contribution in [0.2, 0.25) is 5.02 Å². The molecule has 0 atom stereocenters. The summed E-state index contributed by atoms with van der Waals surface area (Å²) in [6, 6.07) is 11.2. The predicted molar refractivity (Wildman–Crippen MR) is 107 cm³/mol. The molecule has 9 heteroatoms. The number of piperazine rings is 1. The number of rotatable bonds is 5. The third kappa shape index (κ3) is 5.29. The summed E-state index contributed by atoms with van der Waals surface area (Å²) in [6.45, 7) is 2.82. The van der Waals surface area contributed by atoms with Crippen molar-refractivity contribution >= 4 is 33.2 Å². The molecule has 0 radical (unpaired) electrons. The maximum atomic E-state index is 13.2. The molecule has 0 bridgehead atoms. The summed E-state index contributed by atoms with van der Waals surface area (Å²) in [5, 5.41) is 2.65. The average molecular weight is 426 g/mol. The molecule has 1 aliphatic rings. The van der Waals surface area contributed by atoms with Crippen LogP contribution in [0.5, 0.6) is 0 Å². The van der Waals surface area contributed by atoms with E-state index >= 15 is 0 Å². The lowest BCUT2D eigenvalue weighted by atomic mass is 10.1. The van der Waals surface area contributed by atoms with Gasteiger partial charge in [-0.1, -0.05) is 23.7 Å². The van der Waals surface area contributed by atoms with E-state index in [9.17, 15) is 17.6 Å². The quantitative estimate of drug-likeness (QED) is 0.799. The molecule has 0 aliphatic carbocycles. The first-order chi connectivity index (χ1) is 13.2. The predicted octanol–water partition coefficient (Wildman–Crippen LogP) is 2.81. The minimum Gasteiger partial charge on any atom is -0.322 e. The van der Waals surface area contributed by atoms with Gasteiger partial charge in [0.1, 0.15) is 5.82 Å². The van der Waals surface area contributed by atoms with Crippen molar-refractivity contribution in [3.05, 3.63) is 64.4 Å². The second kappa shape index (κ2) is 8.57. The Kier molecular flexibility index (Phi) is 6.34. The van der Waals surface area contributed by atoms with E-state index in [1.165, 1.54) is 28.8 Å². The Morgan fingerprint density at radius 3 is 2.50 bits per heavy atom. The number of benzene rings is 2. The number of nitrogens with one attached hydrogen (secondary N) is 1. The van der Waals surface area contributed by atoms with Crippen LogP contribution in [0.15, 0.2) is 42.5 Å². The molecule has 1 aliphatic heterocycles. The number of hydrogen-bond donors (Lipinski definition) is 1. The molecule has 1 heterocycles. The van der Waals surface area contributed by atoms with Gasteiger partial charge in [-0.05, 0) is 35.9 Å². The maximum Gasteiger partial charge on any atom is 0.255 e. The zero-order chi connectivity index (χ0) is 20.3. The first-order valence-electron chi connectivity index (χ1n) is 8.75. The van der Waals surface area contributed by atoms with E-state index < -0.39 is 15.8 Å². The number of carbonyl (C=O) groups excluding carboxylic acids is 1. The topological polar surface area (TPSA) is 69.7 Å². The Morgan fingerprint density at radius 1 is 1.14 bits per heavy atom. The van der Waals surface area contributed by atoms with Crippen LogP contribution in [0.4, 0.5) is 10.1 Å². The molecule has 0 spiro atoms. The Balaban J connectivity index is 1.62. The fraction of sp³-hybridized carbons (Fsp3) is 0.316. The van der Waals surface area contributed by atoms with Gasteiger partial charge in [-0.3, -0.25) is 9.69 Å². The third-order valence-electron chi connectivity index (χ3n) is 4.57. The second-order valence-electron chi connectivity index (χ2n) is 6.72. The molecule has 6 nitrogen and oxygen atoms in total. The van der Waals surface area contributed by atoms with Gasteiger partial charge in [-0.2, -0.15) is 4.31 Å². The third-order valence-corrected chi connectivity index (χ3v) is 6.17. The van der Waals surface area contributed by atoms with Crippen molar-refractivity contribution in [2.45, 2.75) is 6.54 Å². The van der Waals surface area contributed by atoms with Crippen molar-refractivity contribution in [3.63, 3.8) is 0 Å². The molecule has 0 saturated carbocycles. The van der Waals surface area contributed by atoms with E-state index in [1.54, 1.807) is 18.2 Å². The van der Waals surface area contributed by atoms with Crippen LogP contribution in [0.3, 0.4) is 0 Å². The van der Waals surface area contributed by atoms with Gasteiger partial charge in [0.05, 0.1) is 11.3 Å². The van der Waals surface area contributed by atoms with Crippen LogP contribution >= 0.6 is 11.6 Å². The average Bonchev–Trinajstić information content (AvgIpc) is 2.65. The van der Waals surface area contributed by atoms with E-state index in [0.29, 0.717) is 44.0 Å². The molecule has 1 N–H and O–H groups in total.